The van der Waals surface area contributed by atoms with Gasteiger partial charge in [-0.3, -0.25) is 4.79 Å². The van der Waals surface area contributed by atoms with Crippen LogP contribution in [0, 0.1) is 0 Å². The third-order valence-corrected chi connectivity index (χ3v) is 12.8. The lowest BCUT2D eigenvalue weighted by molar-refractivity contribution is -0.302. The minimum Gasteiger partial charge on any atom is -0.394 e. The minimum atomic E-state index is -1.57. The molecule has 0 aliphatic carbocycles. The molecule has 384 valence electrons. The van der Waals surface area contributed by atoms with Gasteiger partial charge in [0.2, 0.25) is 5.91 Å². The fourth-order valence-electron chi connectivity index (χ4n) is 8.50. The summed E-state index contributed by atoms with van der Waals surface area (Å²) in [6.07, 6.45) is 55.6. The van der Waals surface area contributed by atoms with E-state index in [1.54, 1.807) is 6.08 Å². The lowest BCUT2D eigenvalue weighted by Crippen LogP contribution is -2.60. The lowest BCUT2D eigenvalue weighted by atomic mass is 9.99. The molecule has 7 unspecified atom stereocenters. The van der Waals surface area contributed by atoms with E-state index in [4.69, 9.17) is 9.47 Å². The van der Waals surface area contributed by atoms with Gasteiger partial charge >= 0.3 is 0 Å². The molecule has 0 bridgehead atoms. The predicted molar refractivity (Wildman–Crippen MR) is 276 cm³/mol. The minimum absolute atomic E-state index is 0.191. The monoisotopic (exact) mass is 930 g/mol. The fraction of sp³-hybridized carbons (Fsp3) is 0.807. The first kappa shape index (κ1) is 61.9. The lowest BCUT2D eigenvalue weighted by Gasteiger charge is -2.40. The van der Waals surface area contributed by atoms with Gasteiger partial charge in [0, 0.05) is 6.42 Å². The molecule has 1 heterocycles. The van der Waals surface area contributed by atoms with Crippen LogP contribution in [0.15, 0.2) is 60.8 Å². The average molecular weight is 930 g/mol. The summed E-state index contributed by atoms with van der Waals surface area (Å²) in [5.74, 6) is -0.191. The highest BCUT2D eigenvalue weighted by Crippen LogP contribution is 2.23. The molecule has 0 spiro atoms. The molecular weight excluding hydrogens is 827 g/mol. The quantitative estimate of drug-likeness (QED) is 0.0261. The molecule has 1 fully saturated rings. The zero-order valence-corrected chi connectivity index (χ0v) is 42.4. The molecule has 0 radical (unpaired) electrons. The van der Waals surface area contributed by atoms with Gasteiger partial charge in [-0.05, 0) is 57.8 Å². The van der Waals surface area contributed by atoms with E-state index in [-0.39, 0.29) is 12.5 Å². The normalized spacial score (nSPS) is 20.3. The summed E-state index contributed by atoms with van der Waals surface area (Å²) in [4.78, 5) is 13.0. The van der Waals surface area contributed by atoms with Crippen molar-refractivity contribution in [3.8, 4) is 0 Å². The number of hydrogen-bond acceptors (Lipinski definition) is 8. The summed E-state index contributed by atoms with van der Waals surface area (Å²) in [5.41, 5.74) is 0. The van der Waals surface area contributed by atoms with Crippen LogP contribution in [-0.2, 0) is 14.3 Å². The van der Waals surface area contributed by atoms with Crippen LogP contribution in [0.3, 0.4) is 0 Å². The van der Waals surface area contributed by atoms with E-state index in [2.05, 4.69) is 67.8 Å². The molecule has 6 N–H and O–H groups in total. The number of nitrogens with one attached hydrogen (secondary N) is 1. The van der Waals surface area contributed by atoms with Crippen LogP contribution in [0.5, 0.6) is 0 Å². The average Bonchev–Trinajstić information content (AvgIpc) is 3.32. The van der Waals surface area contributed by atoms with Gasteiger partial charge in [0.1, 0.15) is 24.4 Å². The number of allylic oxidation sites excluding steroid dienone is 9. The molecule has 1 aliphatic heterocycles. The molecule has 0 aromatic heterocycles. The van der Waals surface area contributed by atoms with Crippen LogP contribution in [0.4, 0.5) is 0 Å². The zero-order valence-electron chi connectivity index (χ0n) is 42.4. The van der Waals surface area contributed by atoms with Crippen molar-refractivity contribution in [3.05, 3.63) is 60.8 Å². The van der Waals surface area contributed by atoms with Gasteiger partial charge in [-0.25, -0.2) is 0 Å². The van der Waals surface area contributed by atoms with Gasteiger partial charge < -0.3 is 40.3 Å². The van der Waals surface area contributed by atoms with E-state index in [1.807, 2.05) is 6.08 Å². The number of carbonyl (C=O) groups excluding carboxylic acids is 1. The van der Waals surface area contributed by atoms with Crippen LogP contribution < -0.4 is 5.32 Å². The molecule has 0 aromatic rings. The Balaban J connectivity index is 2.27. The van der Waals surface area contributed by atoms with E-state index in [1.165, 1.54) is 135 Å². The predicted octanol–water partition coefficient (Wildman–Crippen LogP) is 13.1. The third-order valence-electron chi connectivity index (χ3n) is 12.8. The molecule has 1 rings (SSSR count). The summed E-state index contributed by atoms with van der Waals surface area (Å²) >= 11 is 0. The van der Waals surface area contributed by atoms with Crippen molar-refractivity contribution in [1.29, 1.82) is 0 Å². The Morgan fingerprint density at radius 1 is 0.530 bits per heavy atom. The van der Waals surface area contributed by atoms with Crippen molar-refractivity contribution in [2.24, 2.45) is 0 Å². The number of rotatable bonds is 46. The Morgan fingerprint density at radius 2 is 0.939 bits per heavy atom. The van der Waals surface area contributed by atoms with E-state index < -0.39 is 49.5 Å². The number of unbranched alkanes of at least 4 members (excludes halogenated alkanes) is 28. The van der Waals surface area contributed by atoms with Crippen molar-refractivity contribution >= 4 is 5.91 Å². The number of aliphatic hydroxyl groups is 5. The Hall–Kier alpha value is -2.11. The second-order valence-electron chi connectivity index (χ2n) is 19.0. The van der Waals surface area contributed by atoms with E-state index in [0.717, 1.165) is 83.5 Å². The van der Waals surface area contributed by atoms with Gasteiger partial charge in [0.25, 0.3) is 0 Å². The fourth-order valence-corrected chi connectivity index (χ4v) is 8.50. The maximum atomic E-state index is 13.0. The van der Waals surface area contributed by atoms with Crippen molar-refractivity contribution < 1.29 is 39.8 Å². The maximum absolute atomic E-state index is 13.0. The van der Waals surface area contributed by atoms with E-state index in [0.29, 0.717) is 6.42 Å². The number of ether oxygens (including phenoxy) is 2. The van der Waals surface area contributed by atoms with Crippen molar-refractivity contribution in [1.82, 2.24) is 5.32 Å². The topological polar surface area (TPSA) is 149 Å². The standard InChI is InChI=1S/C57H103NO8/c1-3-5-7-9-11-13-15-17-19-21-23-24-25-26-27-29-30-32-34-36-38-40-42-44-46-51(60)50(49-65-57-56(64)55(63)54(62)52(48-59)66-57)58-53(61)47-45-43-41-39-37-35-33-31-28-22-20-18-16-14-12-10-8-6-4-2/h6,8,12,14,18,20,28,31,44,46,50-52,54-57,59-60,62-64H,3-5,7,9-11,13,15-17,19,21-27,29-30,32-43,45,47-49H2,1-2H3,(H,58,61)/b8-6-,14-12-,20-18-,31-28-,46-44+. The number of aliphatic hydroxyl groups excluding tert-OH is 5. The van der Waals surface area contributed by atoms with Crippen molar-refractivity contribution in [2.75, 3.05) is 13.2 Å². The summed E-state index contributed by atoms with van der Waals surface area (Å²) in [7, 11) is 0. The highest BCUT2D eigenvalue weighted by molar-refractivity contribution is 5.76. The smallest absolute Gasteiger partial charge is 0.220 e. The summed E-state index contributed by atoms with van der Waals surface area (Å²) in [5, 5.41) is 54.5. The van der Waals surface area contributed by atoms with Crippen LogP contribution in [0.1, 0.15) is 239 Å². The first-order chi connectivity index (χ1) is 32.3. The number of amides is 1. The summed E-state index contributed by atoms with van der Waals surface area (Å²) < 4.78 is 11.3. The van der Waals surface area contributed by atoms with E-state index in [9.17, 15) is 30.3 Å². The summed E-state index contributed by atoms with van der Waals surface area (Å²) in [6.45, 7) is 3.67. The Bertz CT molecular complexity index is 1220. The number of carbonyl (C=O) groups is 1. The maximum Gasteiger partial charge on any atom is 0.220 e. The highest BCUT2D eigenvalue weighted by Gasteiger charge is 2.44. The molecule has 66 heavy (non-hydrogen) atoms. The Labute approximate surface area is 405 Å². The third kappa shape index (κ3) is 36.0. The second kappa shape index (κ2) is 46.6. The van der Waals surface area contributed by atoms with Crippen molar-refractivity contribution in [3.63, 3.8) is 0 Å². The van der Waals surface area contributed by atoms with Crippen LogP contribution >= 0.6 is 0 Å². The first-order valence-corrected chi connectivity index (χ1v) is 27.5. The molecule has 7 atom stereocenters. The molecule has 1 aliphatic rings. The van der Waals surface area contributed by atoms with Crippen LogP contribution in [0.2, 0.25) is 0 Å². The molecular formula is C57H103NO8. The molecule has 1 amide bonds. The van der Waals surface area contributed by atoms with Gasteiger partial charge in [0.15, 0.2) is 6.29 Å². The zero-order chi connectivity index (χ0) is 48.0. The molecule has 9 nitrogen and oxygen atoms in total. The van der Waals surface area contributed by atoms with Crippen LogP contribution in [-0.4, -0.2) is 87.5 Å². The number of hydrogen-bond donors (Lipinski definition) is 6. The van der Waals surface area contributed by atoms with Gasteiger partial charge in [0.05, 0.1) is 25.4 Å². The van der Waals surface area contributed by atoms with Gasteiger partial charge in [-0.1, -0.05) is 235 Å². The second-order valence-corrected chi connectivity index (χ2v) is 19.0. The van der Waals surface area contributed by atoms with Gasteiger partial charge in [-0.2, -0.15) is 0 Å². The molecule has 0 aromatic carbocycles. The SMILES string of the molecule is CC/C=C\C/C=C\C/C=C\C/C=C\CCCCCCCCC(=O)NC(COC1OC(CO)C(O)C(O)C1O)C(O)/C=C/CCCCCCCCCCCCCCCCCCCCCCCC. The van der Waals surface area contributed by atoms with Crippen LogP contribution in [0.25, 0.3) is 0 Å². The molecule has 9 heteroatoms. The van der Waals surface area contributed by atoms with Crippen molar-refractivity contribution in [2.45, 2.75) is 281 Å². The first-order valence-electron chi connectivity index (χ1n) is 27.5. The molecule has 1 saturated heterocycles. The Kier molecular flexibility index (Phi) is 43.7. The molecule has 0 saturated carbocycles. The van der Waals surface area contributed by atoms with E-state index >= 15 is 0 Å². The largest absolute Gasteiger partial charge is 0.394 e. The Morgan fingerprint density at radius 3 is 1.39 bits per heavy atom. The highest BCUT2D eigenvalue weighted by atomic mass is 16.7. The van der Waals surface area contributed by atoms with Gasteiger partial charge in [-0.15, -0.1) is 0 Å². The summed E-state index contributed by atoms with van der Waals surface area (Å²) in [6, 6.07) is -0.816.